The summed E-state index contributed by atoms with van der Waals surface area (Å²) in [6.45, 7) is 5.29. The third-order valence-electron chi connectivity index (χ3n) is 3.26. The van der Waals surface area contributed by atoms with Crippen LogP contribution in [0.4, 0.5) is 0 Å². The van der Waals surface area contributed by atoms with E-state index in [2.05, 4.69) is 46.1 Å². The van der Waals surface area contributed by atoms with Crippen LogP contribution in [-0.2, 0) is 12.8 Å². The zero-order valence-electron chi connectivity index (χ0n) is 11.7. The van der Waals surface area contributed by atoms with E-state index in [0.717, 1.165) is 30.1 Å². The minimum atomic E-state index is 0.455. The molecule has 0 aromatic carbocycles. The van der Waals surface area contributed by atoms with E-state index in [9.17, 15) is 0 Å². The Kier molecular flexibility index (Phi) is 4.99. The summed E-state index contributed by atoms with van der Waals surface area (Å²) in [6, 6.07) is 0.455. The quantitative estimate of drug-likeness (QED) is 0.812. The molecular weight excluding hydrogens is 256 g/mol. The first-order chi connectivity index (χ1) is 9.15. The van der Waals surface area contributed by atoms with Crippen molar-refractivity contribution in [1.29, 1.82) is 0 Å². The maximum absolute atomic E-state index is 4.50. The molecule has 2 rings (SSSR count). The van der Waals surface area contributed by atoms with Gasteiger partial charge in [0.1, 0.15) is 0 Å². The van der Waals surface area contributed by atoms with Crippen molar-refractivity contribution in [3.05, 3.63) is 40.4 Å². The third kappa shape index (κ3) is 4.36. The molecule has 19 heavy (non-hydrogen) atoms. The van der Waals surface area contributed by atoms with Gasteiger partial charge in [0.2, 0.25) is 0 Å². The van der Waals surface area contributed by atoms with Gasteiger partial charge in [-0.25, -0.2) is 4.98 Å². The Hall–Kier alpha value is -1.33. The predicted octanol–water partition coefficient (Wildman–Crippen LogP) is 2.35. The third-order valence-corrected chi connectivity index (χ3v) is 4.08. The second-order valence-electron chi connectivity index (χ2n) is 4.84. The molecule has 0 saturated carbocycles. The number of thiazole rings is 1. The zero-order chi connectivity index (χ0) is 13.7. The minimum absolute atomic E-state index is 0.455. The van der Waals surface area contributed by atoms with Crippen LogP contribution in [-0.4, -0.2) is 39.5 Å². The van der Waals surface area contributed by atoms with E-state index in [0.29, 0.717) is 6.04 Å². The Morgan fingerprint density at radius 1 is 1.32 bits per heavy atom. The molecular formula is C14H20N4S. The molecule has 0 saturated heterocycles. The zero-order valence-corrected chi connectivity index (χ0v) is 12.5. The van der Waals surface area contributed by atoms with Crippen LogP contribution < -0.4 is 0 Å². The molecule has 0 aliphatic heterocycles. The monoisotopic (exact) mass is 276 g/mol. The normalized spacial score (nSPS) is 12.8. The number of likely N-dealkylation sites (N-methyl/N-ethyl adjacent to an activating group) is 1. The van der Waals surface area contributed by atoms with Crippen molar-refractivity contribution in [2.24, 2.45) is 0 Å². The van der Waals surface area contributed by atoms with Gasteiger partial charge >= 0.3 is 0 Å². The van der Waals surface area contributed by atoms with Gasteiger partial charge in [-0.3, -0.25) is 9.97 Å². The van der Waals surface area contributed by atoms with Crippen LogP contribution >= 0.6 is 11.3 Å². The maximum atomic E-state index is 4.50. The summed E-state index contributed by atoms with van der Waals surface area (Å²) in [6.07, 6.45) is 7.24. The first kappa shape index (κ1) is 14.1. The lowest BCUT2D eigenvalue weighted by Gasteiger charge is -2.23. The number of hydrogen-bond acceptors (Lipinski definition) is 5. The molecule has 0 amide bonds. The molecule has 102 valence electrons. The van der Waals surface area contributed by atoms with Crippen molar-refractivity contribution >= 4 is 11.3 Å². The first-order valence-corrected chi connectivity index (χ1v) is 7.39. The fourth-order valence-electron chi connectivity index (χ4n) is 1.93. The molecule has 5 heteroatoms. The van der Waals surface area contributed by atoms with Crippen LogP contribution in [0.3, 0.4) is 0 Å². The average molecular weight is 276 g/mol. The van der Waals surface area contributed by atoms with Gasteiger partial charge in [0, 0.05) is 49.4 Å². The number of aryl methyl sites for hydroxylation is 1. The average Bonchev–Trinajstić information content (AvgIpc) is 2.83. The van der Waals surface area contributed by atoms with Gasteiger partial charge < -0.3 is 4.90 Å². The number of aromatic nitrogens is 3. The molecule has 0 N–H and O–H groups in total. The van der Waals surface area contributed by atoms with E-state index in [-0.39, 0.29) is 0 Å². The topological polar surface area (TPSA) is 41.9 Å². The summed E-state index contributed by atoms with van der Waals surface area (Å²) in [7, 11) is 2.15. The van der Waals surface area contributed by atoms with E-state index in [1.54, 1.807) is 23.7 Å². The highest BCUT2D eigenvalue weighted by Crippen LogP contribution is 2.10. The first-order valence-electron chi connectivity index (χ1n) is 6.51. The molecule has 0 radical (unpaired) electrons. The lowest BCUT2D eigenvalue weighted by atomic mass is 10.1. The van der Waals surface area contributed by atoms with Gasteiger partial charge in [-0.2, -0.15) is 0 Å². The van der Waals surface area contributed by atoms with E-state index in [1.807, 2.05) is 6.20 Å². The van der Waals surface area contributed by atoms with Crippen LogP contribution in [0.2, 0.25) is 0 Å². The summed E-state index contributed by atoms with van der Waals surface area (Å²) in [5.41, 5.74) is 2.24. The Bertz CT molecular complexity index is 497. The van der Waals surface area contributed by atoms with Crippen molar-refractivity contribution in [2.75, 3.05) is 13.6 Å². The highest BCUT2D eigenvalue weighted by molar-refractivity contribution is 7.09. The molecule has 2 heterocycles. The van der Waals surface area contributed by atoms with Crippen molar-refractivity contribution in [3.63, 3.8) is 0 Å². The molecule has 0 spiro atoms. The number of hydrogen-bond donors (Lipinski definition) is 0. The summed E-state index contributed by atoms with van der Waals surface area (Å²) >= 11 is 1.72. The summed E-state index contributed by atoms with van der Waals surface area (Å²) in [4.78, 5) is 15.3. The summed E-state index contributed by atoms with van der Waals surface area (Å²) < 4.78 is 0. The van der Waals surface area contributed by atoms with Crippen LogP contribution in [0.5, 0.6) is 0 Å². The maximum Gasteiger partial charge on any atom is 0.0897 e. The minimum Gasteiger partial charge on any atom is -0.303 e. The molecule has 0 fully saturated rings. The predicted molar refractivity (Wildman–Crippen MR) is 78.4 cm³/mol. The lowest BCUT2D eigenvalue weighted by molar-refractivity contribution is 0.257. The molecule has 2 aromatic rings. The second kappa shape index (κ2) is 6.73. The van der Waals surface area contributed by atoms with Crippen LogP contribution in [0.25, 0.3) is 0 Å². The molecule has 0 bridgehead atoms. The standard InChI is InChI=1S/C14H20N4S/c1-11(8-14-9-15-5-6-16-14)18(3)7-4-13-10-19-12(2)17-13/h5-6,9-11H,4,7-8H2,1-3H3/t11-/m1/s1. The van der Waals surface area contributed by atoms with Crippen LogP contribution in [0, 0.1) is 6.92 Å². The lowest BCUT2D eigenvalue weighted by Crippen LogP contribution is -2.33. The largest absolute Gasteiger partial charge is 0.303 e. The molecule has 4 nitrogen and oxygen atoms in total. The molecule has 2 aromatic heterocycles. The fourth-order valence-corrected chi connectivity index (χ4v) is 2.58. The van der Waals surface area contributed by atoms with Crippen molar-refractivity contribution in [2.45, 2.75) is 32.7 Å². The highest BCUT2D eigenvalue weighted by atomic mass is 32.1. The summed E-state index contributed by atoms with van der Waals surface area (Å²) in [5, 5.41) is 3.29. The Labute approximate surface area is 118 Å². The molecule has 0 aliphatic rings. The molecule has 0 unspecified atom stereocenters. The van der Waals surface area contributed by atoms with Gasteiger partial charge in [0.15, 0.2) is 0 Å². The Balaban J connectivity index is 1.80. The smallest absolute Gasteiger partial charge is 0.0897 e. The van der Waals surface area contributed by atoms with Crippen LogP contribution in [0.1, 0.15) is 23.3 Å². The Morgan fingerprint density at radius 3 is 2.79 bits per heavy atom. The van der Waals surface area contributed by atoms with Gasteiger partial charge in [-0.05, 0) is 20.9 Å². The fraction of sp³-hybridized carbons (Fsp3) is 0.500. The van der Waals surface area contributed by atoms with E-state index in [4.69, 9.17) is 0 Å². The van der Waals surface area contributed by atoms with Gasteiger partial charge in [0.05, 0.1) is 16.4 Å². The van der Waals surface area contributed by atoms with Gasteiger partial charge in [0.25, 0.3) is 0 Å². The molecule has 0 aliphatic carbocycles. The number of rotatable bonds is 6. The molecule has 1 atom stereocenters. The van der Waals surface area contributed by atoms with Crippen molar-refractivity contribution in [1.82, 2.24) is 19.9 Å². The Morgan fingerprint density at radius 2 is 2.16 bits per heavy atom. The summed E-state index contributed by atoms with van der Waals surface area (Å²) in [5.74, 6) is 0. The van der Waals surface area contributed by atoms with Crippen molar-refractivity contribution < 1.29 is 0 Å². The van der Waals surface area contributed by atoms with E-state index < -0.39 is 0 Å². The SMILES string of the molecule is Cc1nc(CCN(C)[C@H](C)Cc2cnccn2)cs1. The number of nitrogens with zero attached hydrogens (tertiary/aromatic N) is 4. The van der Waals surface area contributed by atoms with E-state index in [1.165, 1.54) is 5.69 Å². The second-order valence-corrected chi connectivity index (χ2v) is 5.90. The van der Waals surface area contributed by atoms with Crippen molar-refractivity contribution in [3.8, 4) is 0 Å². The van der Waals surface area contributed by atoms with Gasteiger partial charge in [-0.15, -0.1) is 11.3 Å². The van der Waals surface area contributed by atoms with E-state index >= 15 is 0 Å². The highest BCUT2D eigenvalue weighted by Gasteiger charge is 2.11. The van der Waals surface area contributed by atoms with Crippen LogP contribution in [0.15, 0.2) is 24.0 Å². The van der Waals surface area contributed by atoms with Gasteiger partial charge in [-0.1, -0.05) is 0 Å².